The molecule has 2 unspecified atom stereocenters. The molecule has 0 spiro atoms. The lowest BCUT2D eigenvalue weighted by Crippen LogP contribution is -2.41. The molecule has 1 aliphatic rings. The van der Waals surface area contributed by atoms with Gasteiger partial charge in [-0.1, -0.05) is 26.0 Å². The van der Waals surface area contributed by atoms with Crippen LogP contribution in [0, 0.1) is 16.0 Å². The summed E-state index contributed by atoms with van der Waals surface area (Å²) in [6.07, 6.45) is 3.37. The highest BCUT2D eigenvalue weighted by Gasteiger charge is 2.24. The van der Waals surface area contributed by atoms with Gasteiger partial charge in [0.25, 0.3) is 5.69 Å². The van der Waals surface area contributed by atoms with Crippen LogP contribution in [0.15, 0.2) is 24.3 Å². The van der Waals surface area contributed by atoms with Gasteiger partial charge in [0.2, 0.25) is 0 Å². The van der Waals surface area contributed by atoms with E-state index in [1.165, 1.54) is 0 Å². The van der Waals surface area contributed by atoms with E-state index in [4.69, 9.17) is 4.74 Å². The number of benzene rings is 1. The number of non-ortho nitro benzene ring substituents is 1. The standard InChI is InChI=1S/C16H24N2O3/c1-12(2)16-11-14(8-10-21-16)17-9-7-13-3-5-15(6-4-13)18(19)20/h3-6,12,14,16-17H,7-11H2,1-2H3. The lowest BCUT2D eigenvalue weighted by atomic mass is 9.95. The van der Waals surface area contributed by atoms with Crippen molar-refractivity contribution < 1.29 is 9.66 Å². The average Bonchev–Trinajstić information content (AvgIpc) is 2.48. The number of nitrogens with one attached hydrogen (secondary N) is 1. The summed E-state index contributed by atoms with van der Waals surface area (Å²) in [4.78, 5) is 10.2. The van der Waals surface area contributed by atoms with E-state index in [9.17, 15) is 10.1 Å². The van der Waals surface area contributed by atoms with E-state index in [1.807, 2.05) is 12.1 Å². The van der Waals surface area contributed by atoms with E-state index in [1.54, 1.807) is 12.1 Å². The van der Waals surface area contributed by atoms with Gasteiger partial charge in [0, 0.05) is 24.8 Å². The van der Waals surface area contributed by atoms with Gasteiger partial charge in [-0.05, 0) is 37.3 Å². The van der Waals surface area contributed by atoms with E-state index < -0.39 is 0 Å². The van der Waals surface area contributed by atoms with Crippen LogP contribution in [0.1, 0.15) is 32.3 Å². The SMILES string of the molecule is CC(C)C1CC(NCCc2ccc([N+](=O)[O-])cc2)CCO1. The van der Waals surface area contributed by atoms with Crippen molar-refractivity contribution in [2.24, 2.45) is 5.92 Å². The monoisotopic (exact) mass is 292 g/mol. The molecule has 1 aliphatic heterocycles. The van der Waals surface area contributed by atoms with Gasteiger partial charge in [0.05, 0.1) is 11.0 Å². The zero-order valence-electron chi connectivity index (χ0n) is 12.7. The molecule has 0 amide bonds. The molecule has 2 rings (SSSR count). The largest absolute Gasteiger partial charge is 0.378 e. The fraction of sp³-hybridized carbons (Fsp3) is 0.625. The molecule has 2 atom stereocenters. The number of nitro benzene ring substituents is 1. The molecule has 0 saturated carbocycles. The van der Waals surface area contributed by atoms with Crippen LogP contribution in [0.3, 0.4) is 0 Å². The summed E-state index contributed by atoms with van der Waals surface area (Å²) in [7, 11) is 0. The van der Waals surface area contributed by atoms with Crippen LogP contribution in [0.25, 0.3) is 0 Å². The second kappa shape index (κ2) is 7.52. The molecule has 0 bridgehead atoms. The molecule has 1 aromatic rings. The third kappa shape index (κ3) is 4.79. The number of nitrogens with zero attached hydrogens (tertiary/aromatic N) is 1. The molecule has 0 aliphatic carbocycles. The Balaban J connectivity index is 1.75. The number of nitro groups is 1. The summed E-state index contributed by atoms with van der Waals surface area (Å²) < 4.78 is 5.77. The summed E-state index contributed by atoms with van der Waals surface area (Å²) in [5.74, 6) is 0.560. The van der Waals surface area contributed by atoms with Crippen molar-refractivity contribution >= 4 is 5.69 Å². The summed E-state index contributed by atoms with van der Waals surface area (Å²) in [6, 6.07) is 7.32. The maximum absolute atomic E-state index is 10.6. The number of hydrogen-bond acceptors (Lipinski definition) is 4. The highest BCUT2D eigenvalue weighted by atomic mass is 16.6. The number of hydrogen-bond donors (Lipinski definition) is 1. The lowest BCUT2D eigenvalue weighted by Gasteiger charge is -2.32. The van der Waals surface area contributed by atoms with Gasteiger partial charge in [-0.3, -0.25) is 10.1 Å². The van der Waals surface area contributed by atoms with Crippen LogP contribution in [-0.4, -0.2) is 30.2 Å². The summed E-state index contributed by atoms with van der Waals surface area (Å²) in [5.41, 5.74) is 1.27. The van der Waals surface area contributed by atoms with Gasteiger partial charge >= 0.3 is 0 Å². The molecule has 116 valence electrons. The number of rotatable bonds is 6. The maximum atomic E-state index is 10.6. The Bertz CT molecular complexity index is 459. The maximum Gasteiger partial charge on any atom is 0.269 e. The summed E-state index contributed by atoms with van der Waals surface area (Å²) in [6.45, 7) is 6.12. The molecule has 1 saturated heterocycles. The Morgan fingerprint density at radius 3 is 2.71 bits per heavy atom. The van der Waals surface area contributed by atoms with Gasteiger partial charge in [0.1, 0.15) is 0 Å². The van der Waals surface area contributed by atoms with Gasteiger partial charge < -0.3 is 10.1 Å². The van der Waals surface area contributed by atoms with E-state index in [2.05, 4.69) is 19.2 Å². The second-order valence-corrected chi connectivity index (χ2v) is 6.00. The van der Waals surface area contributed by atoms with Gasteiger partial charge in [0.15, 0.2) is 0 Å². The molecule has 1 aromatic carbocycles. The van der Waals surface area contributed by atoms with Crippen molar-refractivity contribution in [3.63, 3.8) is 0 Å². The minimum atomic E-state index is -0.365. The van der Waals surface area contributed by atoms with Crippen molar-refractivity contribution in [2.75, 3.05) is 13.2 Å². The molecule has 5 nitrogen and oxygen atoms in total. The van der Waals surface area contributed by atoms with Crippen molar-refractivity contribution in [2.45, 2.75) is 45.3 Å². The fourth-order valence-electron chi connectivity index (χ4n) is 2.68. The van der Waals surface area contributed by atoms with Crippen molar-refractivity contribution in [1.29, 1.82) is 0 Å². The van der Waals surface area contributed by atoms with Crippen molar-refractivity contribution in [1.82, 2.24) is 5.32 Å². The zero-order chi connectivity index (χ0) is 15.2. The first-order valence-corrected chi connectivity index (χ1v) is 7.64. The second-order valence-electron chi connectivity index (χ2n) is 6.00. The molecule has 1 N–H and O–H groups in total. The average molecular weight is 292 g/mol. The minimum Gasteiger partial charge on any atom is -0.378 e. The molecule has 21 heavy (non-hydrogen) atoms. The Hall–Kier alpha value is -1.46. The fourth-order valence-corrected chi connectivity index (χ4v) is 2.68. The predicted molar refractivity (Wildman–Crippen MR) is 82.4 cm³/mol. The minimum absolute atomic E-state index is 0.149. The lowest BCUT2D eigenvalue weighted by molar-refractivity contribution is -0.384. The van der Waals surface area contributed by atoms with Crippen molar-refractivity contribution in [3.8, 4) is 0 Å². The van der Waals surface area contributed by atoms with Crippen LogP contribution in [0.2, 0.25) is 0 Å². The molecule has 5 heteroatoms. The molecule has 1 fully saturated rings. The third-order valence-electron chi connectivity index (χ3n) is 4.05. The Kier molecular flexibility index (Phi) is 5.70. The summed E-state index contributed by atoms with van der Waals surface area (Å²) >= 11 is 0. The van der Waals surface area contributed by atoms with E-state index >= 15 is 0 Å². The molecule has 1 heterocycles. The van der Waals surface area contributed by atoms with Crippen LogP contribution in [0.4, 0.5) is 5.69 Å². The predicted octanol–water partition coefficient (Wildman–Crippen LogP) is 2.93. The van der Waals surface area contributed by atoms with Gasteiger partial charge in [-0.2, -0.15) is 0 Å². The van der Waals surface area contributed by atoms with Crippen molar-refractivity contribution in [3.05, 3.63) is 39.9 Å². The normalized spacial score (nSPS) is 22.4. The topological polar surface area (TPSA) is 64.4 Å². The van der Waals surface area contributed by atoms with E-state index in [0.717, 1.165) is 38.0 Å². The van der Waals surface area contributed by atoms with Gasteiger partial charge in [-0.15, -0.1) is 0 Å². The van der Waals surface area contributed by atoms with Crippen LogP contribution in [-0.2, 0) is 11.2 Å². The first-order chi connectivity index (χ1) is 10.1. The highest BCUT2D eigenvalue weighted by molar-refractivity contribution is 5.32. The van der Waals surface area contributed by atoms with Crippen LogP contribution < -0.4 is 5.32 Å². The summed E-state index contributed by atoms with van der Waals surface area (Å²) in [5, 5.41) is 14.2. The van der Waals surface area contributed by atoms with E-state index in [0.29, 0.717) is 18.1 Å². The van der Waals surface area contributed by atoms with Crippen LogP contribution >= 0.6 is 0 Å². The van der Waals surface area contributed by atoms with E-state index in [-0.39, 0.29) is 10.6 Å². The van der Waals surface area contributed by atoms with Gasteiger partial charge in [-0.25, -0.2) is 0 Å². The molecular weight excluding hydrogens is 268 g/mol. The first-order valence-electron chi connectivity index (χ1n) is 7.64. The van der Waals surface area contributed by atoms with Crippen LogP contribution in [0.5, 0.6) is 0 Å². The smallest absolute Gasteiger partial charge is 0.269 e. The first kappa shape index (κ1) is 15.9. The molecule has 0 radical (unpaired) electrons. The zero-order valence-corrected chi connectivity index (χ0v) is 12.7. The quantitative estimate of drug-likeness (QED) is 0.647. The Labute approximate surface area is 125 Å². The third-order valence-corrected chi connectivity index (χ3v) is 4.05. The Morgan fingerprint density at radius 1 is 1.38 bits per heavy atom. The molecule has 0 aromatic heterocycles. The Morgan fingerprint density at radius 2 is 2.10 bits per heavy atom. The molecular formula is C16H24N2O3. The number of ether oxygens (including phenoxy) is 1. The highest BCUT2D eigenvalue weighted by Crippen LogP contribution is 2.20.